The number of halogens is 1. The van der Waals surface area contributed by atoms with Crippen molar-refractivity contribution in [3.8, 4) is 0 Å². The van der Waals surface area contributed by atoms with Gasteiger partial charge in [-0.25, -0.2) is 8.42 Å². The molecule has 1 aromatic carbocycles. The minimum atomic E-state index is -3.62. The Bertz CT molecular complexity index is 883. The Labute approximate surface area is 128 Å². The van der Waals surface area contributed by atoms with E-state index in [2.05, 4.69) is 25.8 Å². The first kappa shape index (κ1) is 13.6. The van der Waals surface area contributed by atoms with Crippen molar-refractivity contribution in [2.75, 3.05) is 4.72 Å². The smallest absolute Gasteiger partial charge is 0.272 e. The van der Waals surface area contributed by atoms with E-state index in [0.29, 0.717) is 10.2 Å². The van der Waals surface area contributed by atoms with Crippen molar-refractivity contribution in [3.63, 3.8) is 0 Å². The molecule has 3 aromatic rings. The molecule has 3 rings (SSSR count). The molecule has 104 valence electrons. The van der Waals surface area contributed by atoms with Gasteiger partial charge in [-0.3, -0.25) is 9.40 Å². The molecule has 0 saturated carbocycles. The molecular weight excluding hydrogens is 362 g/mol. The second-order valence-corrected chi connectivity index (χ2v) is 7.93. The van der Waals surface area contributed by atoms with Crippen molar-refractivity contribution in [3.05, 3.63) is 41.1 Å². The summed E-state index contributed by atoms with van der Waals surface area (Å²) in [6, 6.07) is 7.55. The molecule has 0 amide bonds. The SMILES string of the molecule is Cn1cc(NS(=O)(=O)c2sc3ccccc3c2Br)cn1. The normalized spacial score (nSPS) is 11.9. The summed E-state index contributed by atoms with van der Waals surface area (Å²) in [5.74, 6) is 0. The molecule has 0 fully saturated rings. The summed E-state index contributed by atoms with van der Waals surface area (Å²) < 4.78 is 30.7. The third-order valence-corrected chi connectivity index (χ3v) is 7.13. The zero-order valence-electron chi connectivity index (χ0n) is 10.4. The van der Waals surface area contributed by atoms with E-state index in [4.69, 9.17) is 0 Å². The quantitative estimate of drug-likeness (QED) is 0.768. The molecule has 0 aliphatic rings. The highest BCUT2D eigenvalue weighted by Crippen LogP contribution is 2.38. The topological polar surface area (TPSA) is 64.0 Å². The van der Waals surface area contributed by atoms with Crippen molar-refractivity contribution in [1.29, 1.82) is 0 Å². The van der Waals surface area contributed by atoms with Crippen molar-refractivity contribution in [1.82, 2.24) is 9.78 Å². The Morgan fingerprint density at radius 2 is 2.10 bits per heavy atom. The second kappa shape index (κ2) is 4.87. The lowest BCUT2D eigenvalue weighted by Gasteiger charge is -2.03. The van der Waals surface area contributed by atoms with Crippen LogP contribution in [0.5, 0.6) is 0 Å². The molecule has 0 bridgehead atoms. The van der Waals surface area contributed by atoms with Crippen LogP contribution in [0, 0.1) is 0 Å². The Balaban J connectivity index is 2.07. The highest BCUT2D eigenvalue weighted by Gasteiger charge is 2.23. The lowest BCUT2D eigenvalue weighted by Crippen LogP contribution is -2.11. The Hall–Kier alpha value is -1.38. The maximum Gasteiger partial charge on any atom is 0.272 e. The molecule has 1 N–H and O–H groups in total. The molecule has 20 heavy (non-hydrogen) atoms. The Morgan fingerprint density at radius 3 is 2.75 bits per heavy atom. The van der Waals surface area contributed by atoms with Gasteiger partial charge < -0.3 is 0 Å². The van der Waals surface area contributed by atoms with Gasteiger partial charge >= 0.3 is 0 Å². The number of fused-ring (bicyclic) bond motifs is 1. The number of benzene rings is 1. The summed E-state index contributed by atoms with van der Waals surface area (Å²) >= 11 is 4.61. The number of aromatic nitrogens is 2. The number of nitrogens with one attached hydrogen (secondary N) is 1. The minimum absolute atomic E-state index is 0.266. The van der Waals surface area contributed by atoms with Gasteiger partial charge in [-0.05, 0) is 22.0 Å². The first-order valence-electron chi connectivity index (χ1n) is 5.66. The molecule has 0 spiro atoms. The molecule has 0 saturated heterocycles. The van der Waals surface area contributed by atoms with E-state index in [1.807, 2.05) is 24.3 Å². The largest absolute Gasteiger partial charge is 0.276 e. The van der Waals surface area contributed by atoms with Crippen LogP contribution in [-0.2, 0) is 17.1 Å². The van der Waals surface area contributed by atoms with Crippen LogP contribution in [0.3, 0.4) is 0 Å². The van der Waals surface area contributed by atoms with Gasteiger partial charge in [-0.1, -0.05) is 18.2 Å². The number of thiophene rings is 1. The van der Waals surface area contributed by atoms with E-state index in [0.717, 1.165) is 10.1 Å². The predicted octanol–water partition coefficient (Wildman–Crippen LogP) is 3.20. The fraction of sp³-hybridized carbons (Fsp3) is 0.0833. The molecule has 8 heteroatoms. The summed E-state index contributed by atoms with van der Waals surface area (Å²) in [5, 5.41) is 4.83. The summed E-state index contributed by atoms with van der Waals surface area (Å²) in [6.07, 6.45) is 3.08. The van der Waals surface area contributed by atoms with E-state index in [1.54, 1.807) is 13.2 Å². The van der Waals surface area contributed by atoms with Crippen LogP contribution in [0.25, 0.3) is 10.1 Å². The van der Waals surface area contributed by atoms with Crippen LogP contribution < -0.4 is 4.72 Å². The third-order valence-electron chi connectivity index (χ3n) is 2.71. The zero-order valence-corrected chi connectivity index (χ0v) is 13.6. The van der Waals surface area contributed by atoms with E-state index < -0.39 is 10.0 Å². The van der Waals surface area contributed by atoms with E-state index in [-0.39, 0.29) is 4.21 Å². The molecule has 2 aromatic heterocycles. The van der Waals surface area contributed by atoms with Crippen LogP contribution in [-0.4, -0.2) is 18.2 Å². The fourth-order valence-electron chi connectivity index (χ4n) is 1.84. The van der Waals surface area contributed by atoms with Crippen LogP contribution in [0.15, 0.2) is 45.3 Å². The number of hydrogen-bond acceptors (Lipinski definition) is 4. The monoisotopic (exact) mass is 371 g/mol. The summed E-state index contributed by atoms with van der Waals surface area (Å²) in [4.78, 5) is 0. The molecule has 0 atom stereocenters. The third kappa shape index (κ3) is 2.34. The number of rotatable bonds is 3. The molecule has 0 unspecified atom stereocenters. The van der Waals surface area contributed by atoms with E-state index >= 15 is 0 Å². The average molecular weight is 372 g/mol. The van der Waals surface area contributed by atoms with Crippen LogP contribution in [0.2, 0.25) is 0 Å². The van der Waals surface area contributed by atoms with Crippen LogP contribution in [0.1, 0.15) is 0 Å². The van der Waals surface area contributed by atoms with Gasteiger partial charge in [0.1, 0.15) is 0 Å². The second-order valence-electron chi connectivity index (χ2n) is 4.21. The van der Waals surface area contributed by atoms with Crippen LogP contribution >= 0.6 is 27.3 Å². The highest BCUT2D eigenvalue weighted by atomic mass is 79.9. The van der Waals surface area contributed by atoms with Crippen molar-refractivity contribution < 1.29 is 8.42 Å². The molecule has 0 aliphatic heterocycles. The van der Waals surface area contributed by atoms with Crippen molar-refractivity contribution in [2.45, 2.75) is 4.21 Å². The number of nitrogens with zero attached hydrogens (tertiary/aromatic N) is 2. The standard InChI is InChI=1S/C12H10BrN3O2S2/c1-16-7-8(6-14-16)15-20(17,18)12-11(13)9-4-2-3-5-10(9)19-12/h2-7,15H,1H3. The van der Waals surface area contributed by atoms with Gasteiger partial charge in [0.25, 0.3) is 10.0 Å². The fourth-order valence-corrected chi connectivity index (χ4v) is 5.71. The first-order valence-corrected chi connectivity index (χ1v) is 8.75. The van der Waals surface area contributed by atoms with Gasteiger partial charge in [0.2, 0.25) is 0 Å². The lowest BCUT2D eigenvalue weighted by molar-refractivity contribution is 0.603. The summed E-state index contributed by atoms with van der Waals surface area (Å²) in [6.45, 7) is 0. The van der Waals surface area contributed by atoms with Crippen LogP contribution in [0.4, 0.5) is 5.69 Å². The van der Waals surface area contributed by atoms with Gasteiger partial charge in [0, 0.05) is 23.3 Å². The molecule has 0 aliphatic carbocycles. The maximum atomic E-state index is 12.4. The molecule has 0 radical (unpaired) electrons. The molecule has 2 heterocycles. The first-order chi connectivity index (χ1) is 9.47. The minimum Gasteiger partial charge on any atom is -0.276 e. The van der Waals surface area contributed by atoms with E-state index in [9.17, 15) is 8.42 Å². The Kier molecular flexibility index (Phi) is 3.31. The predicted molar refractivity (Wildman–Crippen MR) is 83.5 cm³/mol. The van der Waals surface area contributed by atoms with Gasteiger partial charge in [0.15, 0.2) is 4.21 Å². The zero-order chi connectivity index (χ0) is 14.3. The molecule has 5 nitrogen and oxygen atoms in total. The summed E-state index contributed by atoms with van der Waals surface area (Å²) in [5.41, 5.74) is 0.442. The van der Waals surface area contributed by atoms with Gasteiger partial charge in [0.05, 0.1) is 16.4 Å². The van der Waals surface area contributed by atoms with E-state index in [1.165, 1.54) is 22.2 Å². The summed E-state index contributed by atoms with van der Waals surface area (Å²) in [7, 11) is -1.89. The number of hydrogen-bond donors (Lipinski definition) is 1. The Morgan fingerprint density at radius 1 is 1.35 bits per heavy atom. The van der Waals surface area contributed by atoms with Crippen molar-refractivity contribution in [2.24, 2.45) is 7.05 Å². The van der Waals surface area contributed by atoms with Gasteiger partial charge in [-0.2, -0.15) is 5.10 Å². The molecular formula is C12H10BrN3O2S2. The van der Waals surface area contributed by atoms with Crippen molar-refractivity contribution >= 4 is 53.1 Å². The highest BCUT2D eigenvalue weighted by molar-refractivity contribution is 9.10. The maximum absolute atomic E-state index is 12.4. The lowest BCUT2D eigenvalue weighted by atomic mass is 10.3. The number of sulfonamides is 1. The number of aryl methyl sites for hydroxylation is 1. The average Bonchev–Trinajstić information content (AvgIpc) is 2.94. The van der Waals surface area contributed by atoms with Gasteiger partial charge in [-0.15, -0.1) is 11.3 Å². The number of anilines is 1.